The summed E-state index contributed by atoms with van der Waals surface area (Å²) >= 11 is 7.35. The highest BCUT2D eigenvalue weighted by Gasteiger charge is 2.13. The van der Waals surface area contributed by atoms with Gasteiger partial charge in [0, 0.05) is 27.7 Å². The van der Waals surface area contributed by atoms with E-state index in [1.54, 1.807) is 19.1 Å². The topological polar surface area (TPSA) is 74.8 Å². The summed E-state index contributed by atoms with van der Waals surface area (Å²) < 4.78 is 13.2. The van der Waals surface area contributed by atoms with Crippen molar-refractivity contribution in [2.45, 2.75) is 24.3 Å². The number of aromatic amines is 1. The van der Waals surface area contributed by atoms with Crippen molar-refractivity contribution in [3.8, 4) is 0 Å². The molecular weight excluding hydrogens is 401 g/mol. The van der Waals surface area contributed by atoms with Gasteiger partial charge in [-0.2, -0.15) is 0 Å². The first-order valence-corrected chi connectivity index (χ1v) is 9.79. The zero-order valence-corrected chi connectivity index (χ0v) is 16.5. The van der Waals surface area contributed by atoms with Gasteiger partial charge < -0.3 is 10.3 Å². The molecule has 0 aliphatic rings. The molecule has 8 heteroatoms. The number of H-pyrrole nitrogens is 1. The Kier molecular flexibility index (Phi) is 6.49. The average molecular weight is 418 g/mol. The number of carbonyl (C=O) groups is 1. The SMILES string of the molecule is Cc1nc(SCc2cccc(Cl)c2)[nH]c(=O)c1CC(=O)Nc1cccc(F)c1. The van der Waals surface area contributed by atoms with Crippen LogP contribution >= 0.6 is 23.4 Å². The van der Waals surface area contributed by atoms with Gasteiger partial charge in [-0.3, -0.25) is 9.59 Å². The number of hydrogen-bond donors (Lipinski definition) is 2. The van der Waals surface area contributed by atoms with Gasteiger partial charge in [0.1, 0.15) is 5.82 Å². The molecule has 1 amide bonds. The lowest BCUT2D eigenvalue weighted by molar-refractivity contribution is -0.115. The first-order chi connectivity index (χ1) is 13.4. The van der Waals surface area contributed by atoms with Crippen molar-refractivity contribution in [2.24, 2.45) is 0 Å². The Bertz CT molecular complexity index is 1070. The molecule has 0 saturated heterocycles. The molecule has 0 bridgehead atoms. The monoisotopic (exact) mass is 417 g/mol. The zero-order valence-electron chi connectivity index (χ0n) is 15.0. The molecule has 0 unspecified atom stereocenters. The van der Waals surface area contributed by atoms with E-state index < -0.39 is 11.7 Å². The molecule has 0 aliphatic heterocycles. The number of thioether (sulfide) groups is 1. The van der Waals surface area contributed by atoms with Gasteiger partial charge in [-0.1, -0.05) is 41.6 Å². The lowest BCUT2D eigenvalue weighted by atomic mass is 10.1. The fraction of sp³-hybridized carbons (Fsp3) is 0.150. The number of aromatic nitrogens is 2. The maximum atomic E-state index is 13.2. The van der Waals surface area contributed by atoms with Crippen molar-refractivity contribution in [1.82, 2.24) is 9.97 Å². The smallest absolute Gasteiger partial charge is 0.255 e. The average Bonchev–Trinajstić information content (AvgIpc) is 2.63. The fourth-order valence-corrected chi connectivity index (χ4v) is 3.63. The maximum Gasteiger partial charge on any atom is 0.255 e. The van der Waals surface area contributed by atoms with Crippen LogP contribution in [-0.4, -0.2) is 15.9 Å². The zero-order chi connectivity index (χ0) is 20.1. The quantitative estimate of drug-likeness (QED) is 0.462. The van der Waals surface area contributed by atoms with Crippen LogP contribution in [0.25, 0.3) is 0 Å². The van der Waals surface area contributed by atoms with Crippen molar-refractivity contribution in [2.75, 3.05) is 5.32 Å². The van der Waals surface area contributed by atoms with E-state index >= 15 is 0 Å². The van der Waals surface area contributed by atoms with Crippen molar-refractivity contribution < 1.29 is 9.18 Å². The Hall–Kier alpha value is -2.64. The highest BCUT2D eigenvalue weighted by molar-refractivity contribution is 7.98. The van der Waals surface area contributed by atoms with E-state index in [4.69, 9.17) is 11.6 Å². The number of nitrogens with one attached hydrogen (secondary N) is 2. The minimum Gasteiger partial charge on any atom is -0.326 e. The summed E-state index contributed by atoms with van der Waals surface area (Å²) in [5, 5.41) is 3.69. The number of hydrogen-bond acceptors (Lipinski definition) is 4. The summed E-state index contributed by atoms with van der Waals surface area (Å²) in [4.78, 5) is 31.7. The molecule has 1 heterocycles. The summed E-state index contributed by atoms with van der Waals surface area (Å²) in [5.41, 5.74) is 1.74. The Balaban J connectivity index is 1.67. The van der Waals surface area contributed by atoms with E-state index in [1.807, 2.05) is 18.2 Å². The van der Waals surface area contributed by atoms with Crippen molar-refractivity contribution in [3.05, 3.63) is 86.5 Å². The Labute approximate surface area is 170 Å². The van der Waals surface area contributed by atoms with E-state index in [-0.39, 0.29) is 17.5 Å². The molecule has 1 aromatic heterocycles. The number of rotatable bonds is 6. The predicted molar refractivity (Wildman–Crippen MR) is 109 cm³/mol. The number of aryl methyl sites for hydroxylation is 1. The summed E-state index contributed by atoms with van der Waals surface area (Å²) in [6.07, 6.45) is -0.149. The van der Waals surface area contributed by atoms with Gasteiger partial charge in [0.15, 0.2) is 5.16 Å². The lowest BCUT2D eigenvalue weighted by Gasteiger charge is -2.08. The van der Waals surface area contributed by atoms with Crippen LogP contribution in [0.15, 0.2) is 58.5 Å². The van der Waals surface area contributed by atoms with Crippen molar-refractivity contribution in [1.29, 1.82) is 0 Å². The second-order valence-corrected chi connectivity index (χ2v) is 7.49. The van der Waals surface area contributed by atoms with E-state index in [1.165, 1.54) is 30.0 Å². The Morgan fingerprint density at radius 2 is 2.04 bits per heavy atom. The molecule has 3 aromatic rings. The molecule has 3 rings (SSSR count). The molecule has 28 heavy (non-hydrogen) atoms. The van der Waals surface area contributed by atoms with Gasteiger partial charge >= 0.3 is 0 Å². The van der Waals surface area contributed by atoms with Gasteiger partial charge in [0.25, 0.3) is 5.56 Å². The van der Waals surface area contributed by atoms with Gasteiger partial charge in [0.2, 0.25) is 5.91 Å². The maximum absolute atomic E-state index is 13.2. The molecule has 2 aromatic carbocycles. The number of amides is 1. The Morgan fingerprint density at radius 3 is 2.75 bits per heavy atom. The van der Waals surface area contributed by atoms with Gasteiger partial charge in [-0.05, 0) is 42.8 Å². The normalized spacial score (nSPS) is 10.7. The predicted octanol–water partition coefficient (Wildman–Crippen LogP) is 4.34. The lowest BCUT2D eigenvalue weighted by Crippen LogP contribution is -2.23. The van der Waals surface area contributed by atoms with Crippen LogP contribution in [0.2, 0.25) is 5.02 Å². The molecule has 0 saturated carbocycles. The first-order valence-electron chi connectivity index (χ1n) is 8.43. The largest absolute Gasteiger partial charge is 0.326 e. The van der Waals surface area contributed by atoms with Crippen molar-refractivity contribution in [3.63, 3.8) is 0 Å². The first kappa shape index (κ1) is 20.1. The van der Waals surface area contributed by atoms with Crippen LogP contribution in [0, 0.1) is 12.7 Å². The molecular formula is C20H17ClFN3O2S. The number of carbonyl (C=O) groups excluding carboxylic acids is 1. The standard InChI is InChI=1S/C20H17ClFN3O2S/c1-12-17(10-18(26)24-16-7-3-6-15(22)9-16)19(27)25-20(23-12)28-11-13-4-2-5-14(21)8-13/h2-9H,10-11H2,1H3,(H,24,26)(H,23,25,27). The number of nitrogens with zero attached hydrogens (tertiary/aromatic N) is 1. The molecule has 0 radical (unpaired) electrons. The third kappa shape index (κ3) is 5.43. The number of benzene rings is 2. The second-order valence-electron chi connectivity index (χ2n) is 6.09. The third-order valence-electron chi connectivity index (χ3n) is 3.91. The van der Waals surface area contributed by atoms with Crippen LogP contribution < -0.4 is 10.9 Å². The molecule has 0 aliphatic carbocycles. The minimum atomic E-state index is -0.449. The van der Waals surface area contributed by atoms with Gasteiger partial charge in [-0.15, -0.1) is 0 Å². The molecule has 5 nitrogen and oxygen atoms in total. The highest BCUT2D eigenvalue weighted by Crippen LogP contribution is 2.21. The van der Waals surface area contributed by atoms with Crippen LogP contribution in [0.5, 0.6) is 0 Å². The third-order valence-corrected chi connectivity index (χ3v) is 5.09. The van der Waals surface area contributed by atoms with E-state index in [0.29, 0.717) is 27.3 Å². The van der Waals surface area contributed by atoms with E-state index in [2.05, 4.69) is 15.3 Å². The van der Waals surface area contributed by atoms with E-state index in [0.717, 1.165) is 5.56 Å². The van der Waals surface area contributed by atoms with Gasteiger partial charge in [-0.25, -0.2) is 9.37 Å². The molecule has 0 spiro atoms. The molecule has 0 atom stereocenters. The number of anilines is 1. The van der Waals surface area contributed by atoms with Crippen LogP contribution in [-0.2, 0) is 17.0 Å². The van der Waals surface area contributed by atoms with Crippen molar-refractivity contribution >= 4 is 35.0 Å². The summed E-state index contributed by atoms with van der Waals surface area (Å²) in [6, 6.07) is 13.0. The van der Waals surface area contributed by atoms with Gasteiger partial charge in [0.05, 0.1) is 6.42 Å². The second kappa shape index (κ2) is 9.03. The number of halogens is 2. The minimum absolute atomic E-state index is 0.149. The van der Waals surface area contributed by atoms with Crippen LogP contribution in [0.4, 0.5) is 10.1 Å². The molecule has 0 fully saturated rings. The summed E-state index contributed by atoms with van der Waals surface area (Å²) in [7, 11) is 0. The van der Waals surface area contributed by atoms with Crippen LogP contribution in [0.1, 0.15) is 16.8 Å². The van der Waals surface area contributed by atoms with E-state index in [9.17, 15) is 14.0 Å². The van der Waals surface area contributed by atoms with Crippen LogP contribution in [0.3, 0.4) is 0 Å². The Morgan fingerprint density at radius 1 is 1.25 bits per heavy atom. The highest BCUT2D eigenvalue weighted by atomic mass is 35.5. The fourth-order valence-electron chi connectivity index (χ4n) is 2.57. The summed E-state index contributed by atoms with van der Waals surface area (Å²) in [6.45, 7) is 1.68. The summed E-state index contributed by atoms with van der Waals surface area (Å²) in [5.74, 6) is -0.266. The molecule has 2 N–H and O–H groups in total. The molecule has 144 valence electrons.